The quantitative estimate of drug-likeness (QED) is 0.563. The van der Waals surface area contributed by atoms with Crippen molar-refractivity contribution in [2.24, 2.45) is 0 Å². The van der Waals surface area contributed by atoms with E-state index in [1.54, 1.807) is 0 Å². The molecule has 14 heteroatoms. The molecule has 118 valence electrons. The molecule has 0 N–H and O–H groups in total. The summed E-state index contributed by atoms with van der Waals surface area (Å²) in [4.78, 5) is 0. The molecule has 8 radical (unpaired) electrons. The molecule has 0 aromatic heterocycles. The lowest BCUT2D eigenvalue weighted by molar-refractivity contribution is 0.343. The Morgan fingerprint density at radius 2 is 0.913 bits per heavy atom. The first-order valence-corrected chi connectivity index (χ1v) is 20.0. The van der Waals surface area contributed by atoms with Crippen LogP contribution in [0.5, 0.6) is 0 Å². The fourth-order valence-corrected chi connectivity index (χ4v) is 21.2. The Kier molecular flexibility index (Phi) is 8.70. The third-order valence-electron chi connectivity index (χ3n) is 2.94. The second kappa shape index (κ2) is 8.26. The molecule has 0 spiro atoms. The molecule has 0 aromatic carbocycles. The Hall–Kier alpha value is 1.20. The van der Waals surface area contributed by atoms with Gasteiger partial charge in [-0.25, -0.2) is 0 Å². The van der Waals surface area contributed by atoms with Gasteiger partial charge in [-0.3, -0.25) is 0 Å². The first-order chi connectivity index (χ1) is 9.89. The normalized spacial score (nSPS) is 15.9. The van der Waals surface area contributed by atoms with Gasteiger partial charge in [-0.05, 0) is 58.9 Å². The van der Waals surface area contributed by atoms with Crippen molar-refractivity contribution in [2.45, 2.75) is 58.9 Å². The zero-order valence-corrected chi connectivity index (χ0v) is 20.3. The van der Waals surface area contributed by atoms with Crippen molar-refractivity contribution in [3.05, 3.63) is 0 Å². The average Bonchev–Trinajstić information content (AvgIpc) is 2.03. The molecule has 0 amide bonds. The van der Waals surface area contributed by atoms with Crippen molar-refractivity contribution < 1.29 is 12.3 Å². The largest absolute Gasteiger partial charge is 0.443 e. The van der Waals surface area contributed by atoms with Crippen LogP contribution in [-0.4, -0.2) is 83.4 Å². The minimum absolute atomic E-state index is 0.411. The molecule has 0 heterocycles. The number of rotatable bonds is 9. The zero-order valence-electron chi connectivity index (χ0n) is 16.3. The van der Waals surface area contributed by atoms with Crippen molar-refractivity contribution >= 4 is 83.4 Å². The molecule has 23 heavy (non-hydrogen) atoms. The molecule has 0 aliphatic heterocycles. The van der Waals surface area contributed by atoms with Crippen LogP contribution in [0, 0.1) is 0 Å². The van der Waals surface area contributed by atoms with Crippen LogP contribution in [-0.2, 0) is 12.3 Å². The van der Waals surface area contributed by atoms with Crippen LogP contribution in [0.3, 0.4) is 0 Å². The highest BCUT2D eigenvalue weighted by molar-refractivity contribution is 7.94. The minimum Gasteiger partial charge on any atom is -0.443 e. The van der Waals surface area contributed by atoms with Gasteiger partial charge in [0.1, 0.15) is 6.09 Å². The summed E-state index contributed by atoms with van der Waals surface area (Å²) in [6.45, 7) is 18.8. The fourth-order valence-electron chi connectivity index (χ4n) is 2.97. The lowest BCUT2D eigenvalue weighted by atomic mass is 8.80. The Morgan fingerprint density at radius 3 is 1.17 bits per heavy atom. The highest BCUT2D eigenvalue weighted by Crippen LogP contribution is 2.26. The molecule has 1 unspecified atom stereocenters. The maximum Gasteiger partial charge on any atom is 0.312 e. The first kappa shape index (κ1) is 24.2. The van der Waals surface area contributed by atoms with Crippen LogP contribution in [0.25, 0.3) is 0 Å². The summed E-state index contributed by atoms with van der Waals surface area (Å²) in [6.07, 6.45) is -1.80. The molecule has 0 aliphatic rings. The maximum atomic E-state index is 6.55. The molecule has 3 nitrogen and oxygen atoms in total. The van der Waals surface area contributed by atoms with E-state index in [0.717, 1.165) is 0 Å². The van der Waals surface area contributed by atoms with E-state index in [2.05, 4.69) is 39.3 Å². The molecule has 0 rings (SSSR count). The molecular weight excluding hydrogens is 344 g/mol. The average molecular weight is 371 g/mol. The van der Waals surface area contributed by atoms with Gasteiger partial charge in [0.15, 0.2) is 16.6 Å². The zero-order chi connectivity index (χ0) is 18.9. The van der Waals surface area contributed by atoms with Gasteiger partial charge < -0.3 is 12.3 Å². The summed E-state index contributed by atoms with van der Waals surface area (Å²) in [6, 6.07) is 0. The van der Waals surface area contributed by atoms with E-state index in [1.165, 1.54) is 0 Å². The monoisotopic (exact) mass is 372 g/mol. The molecule has 0 saturated carbocycles. The topological polar surface area (TPSA) is 27.7 Å². The van der Waals surface area contributed by atoms with Gasteiger partial charge >= 0.3 is 8.56 Å². The van der Waals surface area contributed by atoms with E-state index in [0.29, 0.717) is 0 Å². The van der Waals surface area contributed by atoms with Gasteiger partial charge in [0.05, 0.1) is 0 Å². The van der Waals surface area contributed by atoms with Gasteiger partial charge in [0.2, 0.25) is 0 Å². The van der Waals surface area contributed by atoms with E-state index in [1.807, 2.05) is 19.6 Å². The van der Waals surface area contributed by atoms with Gasteiger partial charge in [-0.15, -0.1) is 0 Å². The first-order valence-electron chi connectivity index (χ1n) is 8.01. The van der Waals surface area contributed by atoms with Crippen LogP contribution >= 0.6 is 0 Å². The fraction of sp³-hybridized carbons (Fsp3) is 1.00. The predicted octanol–water partition coefficient (Wildman–Crippen LogP) is 0.860. The summed E-state index contributed by atoms with van der Waals surface area (Å²) in [5.41, 5.74) is 0. The van der Waals surface area contributed by atoms with Crippen LogP contribution in [0.1, 0.15) is 0 Å². The smallest absolute Gasteiger partial charge is 0.312 e. The standard InChI is InChI=1S/C9H27B7O3Si4/c1-20(2,3)17-22(7,8)19-23(9,18-21(4,5)6)16(14(10)11)15(12)13/h1-9H3. The second-order valence-corrected chi connectivity index (χ2v) is 25.0. The minimum atomic E-state index is -2.85. The van der Waals surface area contributed by atoms with Crippen LogP contribution in [0.4, 0.5) is 0 Å². The van der Waals surface area contributed by atoms with Crippen LogP contribution in [0.15, 0.2) is 0 Å². The molecule has 0 saturated heterocycles. The molecule has 1 atom stereocenters. The number of hydrogen-bond donors (Lipinski definition) is 0. The van der Waals surface area contributed by atoms with Crippen molar-refractivity contribution in [3.8, 4) is 0 Å². The Labute approximate surface area is 154 Å². The van der Waals surface area contributed by atoms with Crippen molar-refractivity contribution in [1.29, 1.82) is 0 Å². The van der Waals surface area contributed by atoms with E-state index in [4.69, 9.17) is 43.3 Å². The molecule has 0 bridgehead atoms. The van der Waals surface area contributed by atoms with E-state index >= 15 is 0 Å². The highest BCUT2D eigenvalue weighted by Gasteiger charge is 2.51. The highest BCUT2D eigenvalue weighted by atomic mass is 28.5. The Bertz CT molecular complexity index is 380. The summed E-state index contributed by atoms with van der Waals surface area (Å²) in [5, 5.41) is 0. The van der Waals surface area contributed by atoms with Gasteiger partial charge in [-0.1, -0.05) is 0 Å². The summed E-state index contributed by atoms with van der Waals surface area (Å²) < 4.78 is 19.3. The van der Waals surface area contributed by atoms with Gasteiger partial charge in [0, 0.05) is 43.7 Å². The molecular formula is C9H27B7O3Si4. The SMILES string of the molecule is [B]B([B])B(B([B])[B])[Si](C)(O[Si](C)(C)C)O[Si](C)(C)O[Si](C)(C)C. The predicted molar refractivity (Wildman–Crippen MR) is 119 cm³/mol. The van der Waals surface area contributed by atoms with E-state index < -0.39 is 52.5 Å². The van der Waals surface area contributed by atoms with Crippen LogP contribution in [0.2, 0.25) is 58.9 Å². The Morgan fingerprint density at radius 1 is 0.565 bits per heavy atom. The Balaban J connectivity index is 5.69. The summed E-state index contributed by atoms with van der Waals surface area (Å²) >= 11 is 0. The third kappa shape index (κ3) is 9.46. The maximum absolute atomic E-state index is 6.55. The lowest BCUT2D eigenvalue weighted by Crippen LogP contribution is -2.74. The van der Waals surface area contributed by atoms with Gasteiger partial charge in [0.25, 0.3) is 8.43 Å². The molecule has 0 aromatic rings. The van der Waals surface area contributed by atoms with E-state index in [9.17, 15) is 0 Å². The van der Waals surface area contributed by atoms with Gasteiger partial charge in [-0.2, -0.15) is 0 Å². The third-order valence-corrected chi connectivity index (χ3v) is 17.0. The molecule has 0 aliphatic carbocycles. The lowest BCUT2D eigenvalue weighted by Gasteiger charge is -2.47. The van der Waals surface area contributed by atoms with E-state index in [-0.39, 0.29) is 0 Å². The summed E-state index contributed by atoms with van der Waals surface area (Å²) in [5.74, 6) is 0. The van der Waals surface area contributed by atoms with Crippen molar-refractivity contribution in [2.75, 3.05) is 0 Å². The van der Waals surface area contributed by atoms with Crippen molar-refractivity contribution in [1.82, 2.24) is 0 Å². The summed E-state index contributed by atoms with van der Waals surface area (Å²) in [7, 11) is 15.0. The van der Waals surface area contributed by atoms with Crippen LogP contribution < -0.4 is 0 Å². The number of hydrogen-bond acceptors (Lipinski definition) is 3. The second-order valence-electron chi connectivity index (χ2n) is 8.63. The molecule has 0 fully saturated rings. The van der Waals surface area contributed by atoms with Crippen molar-refractivity contribution in [3.63, 3.8) is 0 Å².